The molecule has 2 fully saturated rings. The smallest absolute Gasteiger partial charge is 0.234 e. The van der Waals surface area contributed by atoms with Gasteiger partial charge in [-0.3, -0.25) is 9.69 Å². The molecule has 136 valence electrons. The number of hydrogen-bond donors (Lipinski definition) is 1. The maximum atomic E-state index is 12.1. The molecule has 1 aliphatic carbocycles. The van der Waals surface area contributed by atoms with E-state index >= 15 is 0 Å². The second-order valence-electron chi connectivity index (χ2n) is 6.71. The summed E-state index contributed by atoms with van der Waals surface area (Å²) < 4.78 is 11.1. The zero-order valence-electron chi connectivity index (χ0n) is 14.5. The van der Waals surface area contributed by atoms with Gasteiger partial charge in [-0.05, 0) is 25.0 Å². The Kier molecular flexibility index (Phi) is 4.63. The van der Waals surface area contributed by atoms with Crippen LogP contribution < -0.4 is 10.2 Å². The molecule has 1 amide bonds. The van der Waals surface area contributed by atoms with E-state index in [2.05, 4.69) is 26.2 Å². The molecule has 1 N–H and O–H groups in total. The third-order valence-corrected chi connectivity index (χ3v) is 4.72. The van der Waals surface area contributed by atoms with Gasteiger partial charge in [0.25, 0.3) is 0 Å². The molecule has 2 aromatic heterocycles. The lowest BCUT2D eigenvalue weighted by Crippen LogP contribution is -2.49. The van der Waals surface area contributed by atoms with E-state index in [1.54, 1.807) is 12.3 Å². The molecule has 0 unspecified atom stereocenters. The van der Waals surface area contributed by atoms with Crippen molar-refractivity contribution in [1.29, 1.82) is 5.26 Å². The number of nitriles is 1. The minimum absolute atomic E-state index is 0.0248. The van der Waals surface area contributed by atoms with Crippen LogP contribution in [0, 0.1) is 11.3 Å². The molecule has 1 aliphatic heterocycles. The summed E-state index contributed by atoms with van der Waals surface area (Å²) in [6, 6.07) is 5.77. The first-order chi connectivity index (χ1) is 12.7. The number of carbonyl (C=O) groups excluding carboxylic acids is 1. The molecule has 1 saturated heterocycles. The predicted octanol–water partition coefficient (Wildman–Crippen LogP) is 1.46. The van der Waals surface area contributed by atoms with Crippen molar-refractivity contribution >= 4 is 11.8 Å². The number of furan rings is 1. The number of oxazole rings is 1. The van der Waals surface area contributed by atoms with E-state index in [0.717, 1.165) is 31.7 Å². The molecule has 26 heavy (non-hydrogen) atoms. The maximum Gasteiger partial charge on any atom is 0.234 e. The first-order valence-corrected chi connectivity index (χ1v) is 8.90. The van der Waals surface area contributed by atoms with E-state index in [1.165, 1.54) is 0 Å². The molecule has 0 radical (unpaired) electrons. The van der Waals surface area contributed by atoms with Gasteiger partial charge in [0.15, 0.2) is 0 Å². The van der Waals surface area contributed by atoms with Crippen molar-refractivity contribution in [2.24, 2.45) is 0 Å². The van der Waals surface area contributed by atoms with Crippen LogP contribution in [0.5, 0.6) is 0 Å². The van der Waals surface area contributed by atoms with Gasteiger partial charge in [0.05, 0.1) is 19.4 Å². The molecule has 0 bridgehead atoms. The Labute approximate surface area is 151 Å². The van der Waals surface area contributed by atoms with Crippen molar-refractivity contribution in [1.82, 2.24) is 15.2 Å². The van der Waals surface area contributed by atoms with Crippen molar-refractivity contribution in [3.63, 3.8) is 0 Å². The highest BCUT2D eigenvalue weighted by Gasteiger charge is 2.32. The van der Waals surface area contributed by atoms with Crippen molar-refractivity contribution in [3.05, 3.63) is 35.7 Å². The molecule has 1 saturated carbocycles. The SMILES string of the molecule is N#Cc1nc(C2CC2)oc1N1CCN(CC(=O)NCc2ccco2)CC1. The van der Waals surface area contributed by atoms with E-state index in [1.807, 2.05) is 6.07 Å². The third-order valence-electron chi connectivity index (χ3n) is 4.72. The molecule has 8 heteroatoms. The van der Waals surface area contributed by atoms with E-state index in [0.29, 0.717) is 49.6 Å². The summed E-state index contributed by atoms with van der Waals surface area (Å²) in [4.78, 5) is 20.5. The zero-order valence-corrected chi connectivity index (χ0v) is 14.5. The fourth-order valence-corrected chi connectivity index (χ4v) is 3.09. The molecule has 2 aliphatic rings. The average Bonchev–Trinajstić information content (AvgIpc) is 3.20. The first kappa shape index (κ1) is 16.7. The summed E-state index contributed by atoms with van der Waals surface area (Å²) in [7, 11) is 0. The first-order valence-electron chi connectivity index (χ1n) is 8.90. The largest absolute Gasteiger partial charge is 0.467 e. The molecule has 4 rings (SSSR count). The lowest BCUT2D eigenvalue weighted by Gasteiger charge is -2.34. The molecule has 0 aromatic carbocycles. The van der Waals surface area contributed by atoms with Gasteiger partial charge in [0.1, 0.15) is 11.8 Å². The minimum atomic E-state index is -0.0248. The van der Waals surface area contributed by atoms with Gasteiger partial charge in [-0.1, -0.05) is 0 Å². The number of amides is 1. The fraction of sp³-hybridized carbons (Fsp3) is 0.500. The van der Waals surface area contributed by atoms with Gasteiger partial charge in [-0.15, -0.1) is 0 Å². The number of carbonyl (C=O) groups is 1. The fourth-order valence-electron chi connectivity index (χ4n) is 3.09. The number of nitrogens with one attached hydrogen (secondary N) is 1. The van der Waals surface area contributed by atoms with E-state index in [9.17, 15) is 10.1 Å². The summed E-state index contributed by atoms with van der Waals surface area (Å²) in [5.74, 6) is 2.37. The Morgan fingerprint density at radius 2 is 2.15 bits per heavy atom. The van der Waals surface area contributed by atoms with Crippen molar-refractivity contribution in [3.8, 4) is 6.07 Å². The van der Waals surface area contributed by atoms with Crippen LogP contribution >= 0.6 is 0 Å². The zero-order chi connectivity index (χ0) is 17.9. The maximum absolute atomic E-state index is 12.1. The molecular formula is C18H21N5O3. The summed E-state index contributed by atoms with van der Waals surface area (Å²) in [5, 5.41) is 12.2. The molecule has 3 heterocycles. The average molecular weight is 355 g/mol. The number of anilines is 1. The summed E-state index contributed by atoms with van der Waals surface area (Å²) in [5.41, 5.74) is 0.372. The number of nitrogens with zero attached hydrogens (tertiary/aromatic N) is 4. The highest BCUT2D eigenvalue weighted by Crippen LogP contribution is 2.41. The predicted molar refractivity (Wildman–Crippen MR) is 92.4 cm³/mol. The van der Waals surface area contributed by atoms with Gasteiger partial charge in [0.2, 0.25) is 23.4 Å². The van der Waals surface area contributed by atoms with Gasteiger partial charge >= 0.3 is 0 Å². The normalized spacial score (nSPS) is 17.9. The van der Waals surface area contributed by atoms with Crippen LogP contribution in [0.15, 0.2) is 27.2 Å². The van der Waals surface area contributed by atoms with Gasteiger partial charge in [-0.25, -0.2) is 4.98 Å². The number of piperazine rings is 1. The van der Waals surface area contributed by atoms with E-state index in [-0.39, 0.29) is 5.91 Å². The Hall–Kier alpha value is -2.79. The van der Waals surface area contributed by atoms with Crippen LogP contribution in [0.2, 0.25) is 0 Å². The third kappa shape index (κ3) is 3.73. The van der Waals surface area contributed by atoms with Crippen LogP contribution in [0.25, 0.3) is 0 Å². The number of hydrogen-bond acceptors (Lipinski definition) is 7. The second kappa shape index (κ2) is 7.22. The molecule has 8 nitrogen and oxygen atoms in total. The van der Waals surface area contributed by atoms with Crippen molar-refractivity contribution in [2.75, 3.05) is 37.6 Å². The lowest BCUT2D eigenvalue weighted by molar-refractivity contribution is -0.122. The monoisotopic (exact) mass is 355 g/mol. The molecule has 0 atom stereocenters. The van der Waals surface area contributed by atoms with E-state index in [4.69, 9.17) is 8.83 Å². The van der Waals surface area contributed by atoms with Crippen LogP contribution in [-0.2, 0) is 11.3 Å². The summed E-state index contributed by atoms with van der Waals surface area (Å²) in [6.07, 6.45) is 3.77. The summed E-state index contributed by atoms with van der Waals surface area (Å²) in [6.45, 7) is 3.64. The van der Waals surface area contributed by atoms with Crippen LogP contribution in [-0.4, -0.2) is 48.5 Å². The second-order valence-corrected chi connectivity index (χ2v) is 6.71. The Morgan fingerprint density at radius 1 is 1.35 bits per heavy atom. The van der Waals surface area contributed by atoms with Crippen LogP contribution in [0.3, 0.4) is 0 Å². The number of aromatic nitrogens is 1. The summed E-state index contributed by atoms with van der Waals surface area (Å²) >= 11 is 0. The van der Waals surface area contributed by atoms with Crippen LogP contribution in [0.4, 0.5) is 5.88 Å². The van der Waals surface area contributed by atoms with Crippen LogP contribution in [0.1, 0.15) is 36.1 Å². The standard InChI is InChI=1S/C18H21N5O3/c19-10-15-18(26-17(21-15)13-3-4-13)23-7-5-22(6-8-23)12-16(24)20-11-14-2-1-9-25-14/h1-2,9,13H,3-8,11-12H2,(H,20,24). The Bertz CT molecular complexity index is 795. The van der Waals surface area contributed by atoms with E-state index < -0.39 is 0 Å². The molecule has 0 spiro atoms. The Morgan fingerprint density at radius 3 is 2.81 bits per heavy atom. The number of rotatable bonds is 6. The van der Waals surface area contributed by atoms with Gasteiger partial charge < -0.3 is 19.1 Å². The topological polar surface area (TPSA) is 98.5 Å². The van der Waals surface area contributed by atoms with Gasteiger partial charge in [-0.2, -0.15) is 5.26 Å². The Balaban J connectivity index is 1.27. The molecule has 2 aromatic rings. The van der Waals surface area contributed by atoms with Gasteiger partial charge in [0, 0.05) is 32.1 Å². The lowest BCUT2D eigenvalue weighted by atomic mass is 10.3. The van der Waals surface area contributed by atoms with Crippen molar-refractivity contribution < 1.29 is 13.6 Å². The molecular weight excluding hydrogens is 334 g/mol. The van der Waals surface area contributed by atoms with Crippen molar-refractivity contribution in [2.45, 2.75) is 25.3 Å². The highest BCUT2D eigenvalue weighted by molar-refractivity contribution is 5.78. The minimum Gasteiger partial charge on any atom is -0.467 e. The quantitative estimate of drug-likeness (QED) is 0.837. The highest BCUT2D eigenvalue weighted by atomic mass is 16.4.